The highest BCUT2D eigenvalue weighted by Gasteiger charge is 2.48. The van der Waals surface area contributed by atoms with E-state index in [4.69, 9.17) is 18.0 Å². The lowest BCUT2D eigenvalue weighted by molar-refractivity contribution is -0.138. The van der Waals surface area contributed by atoms with Crippen LogP contribution in [0.5, 0.6) is 0 Å². The Morgan fingerprint density at radius 2 is 1.95 bits per heavy atom. The maximum Gasteiger partial charge on any atom is 0.235 e. The van der Waals surface area contributed by atoms with E-state index in [-0.39, 0.29) is 5.91 Å². The van der Waals surface area contributed by atoms with E-state index in [9.17, 15) is 4.79 Å². The Hall–Kier alpha value is -0.640. The maximum absolute atomic E-state index is 13.0. The number of hydrogen-bond donors (Lipinski definition) is 1. The zero-order valence-electron chi connectivity index (χ0n) is 12.2. The van der Waals surface area contributed by atoms with Crippen molar-refractivity contribution in [2.45, 2.75) is 64.8 Å². The summed E-state index contributed by atoms with van der Waals surface area (Å²) in [6.45, 7) is 5.27. The summed E-state index contributed by atoms with van der Waals surface area (Å²) < 4.78 is 0. The minimum atomic E-state index is -0.519. The van der Waals surface area contributed by atoms with E-state index in [0.29, 0.717) is 16.9 Å². The van der Waals surface area contributed by atoms with E-state index in [1.54, 1.807) is 0 Å². The summed E-state index contributed by atoms with van der Waals surface area (Å²) in [6, 6.07) is 0.457. The van der Waals surface area contributed by atoms with Gasteiger partial charge in [-0.2, -0.15) is 0 Å². The molecule has 0 radical (unpaired) electrons. The molecule has 19 heavy (non-hydrogen) atoms. The number of hydrogen-bond acceptors (Lipinski definition) is 2. The second-order valence-corrected chi connectivity index (χ2v) is 7.01. The van der Waals surface area contributed by atoms with Crippen LogP contribution in [0.2, 0.25) is 0 Å². The van der Waals surface area contributed by atoms with Crippen molar-refractivity contribution in [3.63, 3.8) is 0 Å². The van der Waals surface area contributed by atoms with Crippen molar-refractivity contribution in [1.82, 2.24) is 4.90 Å². The number of amides is 1. The van der Waals surface area contributed by atoms with E-state index in [1.807, 2.05) is 0 Å². The van der Waals surface area contributed by atoms with E-state index < -0.39 is 5.41 Å². The SMILES string of the molecule is CC(C)CCN(C(=O)C1(C(N)=S)CCCC1)C1CC1. The van der Waals surface area contributed by atoms with Crippen LogP contribution in [-0.4, -0.2) is 28.4 Å². The van der Waals surface area contributed by atoms with Crippen molar-refractivity contribution >= 4 is 23.1 Å². The molecule has 0 saturated heterocycles. The van der Waals surface area contributed by atoms with Crippen LogP contribution in [0.25, 0.3) is 0 Å². The molecule has 0 unspecified atom stereocenters. The van der Waals surface area contributed by atoms with Gasteiger partial charge in [-0.05, 0) is 38.0 Å². The van der Waals surface area contributed by atoms with Gasteiger partial charge in [0.2, 0.25) is 5.91 Å². The lowest BCUT2D eigenvalue weighted by Crippen LogP contribution is -2.50. The molecule has 1 amide bonds. The van der Waals surface area contributed by atoms with Crippen molar-refractivity contribution in [2.75, 3.05) is 6.54 Å². The van der Waals surface area contributed by atoms with Crippen molar-refractivity contribution in [1.29, 1.82) is 0 Å². The highest BCUT2D eigenvalue weighted by Crippen LogP contribution is 2.42. The smallest absolute Gasteiger partial charge is 0.235 e. The second-order valence-electron chi connectivity index (χ2n) is 6.57. The maximum atomic E-state index is 13.0. The molecule has 0 bridgehead atoms. The molecular formula is C15H26N2OS. The topological polar surface area (TPSA) is 46.3 Å². The molecule has 2 aliphatic carbocycles. The Morgan fingerprint density at radius 3 is 2.37 bits per heavy atom. The third kappa shape index (κ3) is 3.10. The van der Waals surface area contributed by atoms with Gasteiger partial charge in [0.15, 0.2) is 0 Å². The quantitative estimate of drug-likeness (QED) is 0.762. The van der Waals surface area contributed by atoms with Crippen LogP contribution in [-0.2, 0) is 4.79 Å². The van der Waals surface area contributed by atoms with Crippen LogP contribution >= 0.6 is 12.2 Å². The summed E-state index contributed by atoms with van der Waals surface area (Å²) >= 11 is 5.24. The number of carbonyl (C=O) groups is 1. The minimum absolute atomic E-state index is 0.223. The molecule has 0 atom stereocenters. The largest absolute Gasteiger partial charge is 0.392 e. The van der Waals surface area contributed by atoms with Crippen molar-refractivity contribution in [2.24, 2.45) is 17.1 Å². The third-order valence-electron chi connectivity index (χ3n) is 4.53. The molecule has 2 rings (SSSR count). The molecule has 108 valence electrons. The molecule has 2 aliphatic rings. The molecular weight excluding hydrogens is 256 g/mol. The first kappa shape index (κ1) is 14.8. The van der Waals surface area contributed by atoms with Gasteiger partial charge in [0.25, 0.3) is 0 Å². The molecule has 0 aromatic rings. The Morgan fingerprint density at radius 1 is 1.37 bits per heavy atom. The lowest BCUT2D eigenvalue weighted by Gasteiger charge is -2.34. The summed E-state index contributed by atoms with van der Waals surface area (Å²) in [4.78, 5) is 15.5. The fraction of sp³-hybridized carbons (Fsp3) is 0.867. The summed E-state index contributed by atoms with van der Waals surface area (Å²) in [5.74, 6) is 0.846. The molecule has 0 spiro atoms. The van der Waals surface area contributed by atoms with Crippen LogP contribution in [0, 0.1) is 11.3 Å². The first-order valence-electron chi connectivity index (χ1n) is 7.58. The monoisotopic (exact) mass is 282 g/mol. The molecule has 0 aromatic heterocycles. The molecule has 2 fully saturated rings. The van der Waals surface area contributed by atoms with E-state index in [1.165, 1.54) is 0 Å². The van der Waals surface area contributed by atoms with Gasteiger partial charge < -0.3 is 10.6 Å². The Bertz CT molecular complexity index is 357. The van der Waals surface area contributed by atoms with Gasteiger partial charge in [0.1, 0.15) is 0 Å². The van der Waals surface area contributed by atoms with Crippen LogP contribution in [0.1, 0.15) is 58.8 Å². The van der Waals surface area contributed by atoms with Crippen LogP contribution < -0.4 is 5.73 Å². The van der Waals surface area contributed by atoms with E-state index in [2.05, 4.69) is 18.7 Å². The second kappa shape index (κ2) is 5.78. The Labute approximate surface area is 121 Å². The highest BCUT2D eigenvalue weighted by atomic mass is 32.1. The van der Waals surface area contributed by atoms with Crippen LogP contribution in [0.15, 0.2) is 0 Å². The minimum Gasteiger partial charge on any atom is -0.392 e. The summed E-state index contributed by atoms with van der Waals surface area (Å²) in [7, 11) is 0. The van der Waals surface area contributed by atoms with Gasteiger partial charge in [-0.25, -0.2) is 0 Å². The molecule has 4 heteroatoms. The summed E-state index contributed by atoms with van der Waals surface area (Å²) in [5.41, 5.74) is 5.41. The van der Waals surface area contributed by atoms with Gasteiger partial charge in [-0.15, -0.1) is 0 Å². The van der Waals surface area contributed by atoms with Crippen LogP contribution in [0.3, 0.4) is 0 Å². The molecule has 0 heterocycles. The standard InChI is InChI=1S/C15H26N2OS/c1-11(2)7-10-17(12-5-6-12)14(18)15(13(16)19)8-3-4-9-15/h11-12H,3-10H2,1-2H3,(H2,16,19). The van der Waals surface area contributed by atoms with Crippen molar-refractivity contribution in [3.8, 4) is 0 Å². The highest BCUT2D eigenvalue weighted by molar-refractivity contribution is 7.80. The molecule has 2 saturated carbocycles. The number of nitrogens with two attached hydrogens (primary N) is 1. The average molecular weight is 282 g/mol. The first-order chi connectivity index (χ1) is 8.97. The fourth-order valence-electron chi connectivity index (χ4n) is 3.05. The predicted octanol–water partition coefficient (Wildman–Crippen LogP) is 2.87. The molecule has 3 nitrogen and oxygen atoms in total. The van der Waals surface area contributed by atoms with Crippen molar-refractivity contribution < 1.29 is 4.79 Å². The normalized spacial score (nSPS) is 21.6. The number of thiocarbonyl (C=S) groups is 1. The summed E-state index contributed by atoms with van der Waals surface area (Å²) in [6.07, 6.45) is 7.22. The molecule has 2 N–H and O–H groups in total. The Balaban J connectivity index is 2.11. The fourth-order valence-corrected chi connectivity index (χ4v) is 3.34. The van der Waals surface area contributed by atoms with Gasteiger partial charge in [0.05, 0.1) is 10.4 Å². The van der Waals surface area contributed by atoms with Gasteiger partial charge in [-0.3, -0.25) is 4.79 Å². The summed E-state index contributed by atoms with van der Waals surface area (Å²) in [5, 5.41) is 0. The number of rotatable bonds is 6. The zero-order valence-corrected chi connectivity index (χ0v) is 13.0. The number of carbonyl (C=O) groups excluding carboxylic acids is 1. The molecule has 0 aliphatic heterocycles. The van der Waals surface area contributed by atoms with Gasteiger partial charge in [-0.1, -0.05) is 38.9 Å². The first-order valence-corrected chi connectivity index (χ1v) is 7.99. The van der Waals surface area contributed by atoms with Gasteiger partial charge in [0, 0.05) is 12.6 Å². The van der Waals surface area contributed by atoms with Crippen LogP contribution in [0.4, 0.5) is 0 Å². The number of nitrogens with zero attached hydrogens (tertiary/aromatic N) is 1. The lowest BCUT2D eigenvalue weighted by atomic mass is 9.84. The van der Waals surface area contributed by atoms with Gasteiger partial charge >= 0.3 is 0 Å². The van der Waals surface area contributed by atoms with Crippen molar-refractivity contribution in [3.05, 3.63) is 0 Å². The molecule has 0 aromatic carbocycles. The average Bonchev–Trinajstić information content (AvgIpc) is 3.05. The Kier molecular flexibility index (Phi) is 4.49. The van der Waals surface area contributed by atoms with E-state index >= 15 is 0 Å². The zero-order chi connectivity index (χ0) is 14.0. The third-order valence-corrected chi connectivity index (χ3v) is 4.92. The van der Waals surface area contributed by atoms with E-state index in [0.717, 1.165) is 51.5 Å². The predicted molar refractivity (Wildman–Crippen MR) is 81.9 cm³/mol.